The van der Waals surface area contributed by atoms with Crippen molar-refractivity contribution in [2.45, 2.75) is 30.6 Å². The van der Waals surface area contributed by atoms with Crippen LogP contribution in [0.5, 0.6) is 0 Å². The van der Waals surface area contributed by atoms with Crippen molar-refractivity contribution in [3.05, 3.63) is 0 Å². The molecule has 0 heterocycles. The lowest BCUT2D eigenvalue weighted by molar-refractivity contribution is -0.0101. The first-order valence-corrected chi connectivity index (χ1v) is 7.06. The highest BCUT2D eigenvalue weighted by atomic mass is 32.2. The van der Waals surface area contributed by atoms with E-state index in [1.54, 1.807) is 7.11 Å². The Hall–Kier alpha value is -0.170. The first-order chi connectivity index (χ1) is 7.05. The smallest absolute Gasteiger partial charge is 0.151 e. The second-order valence-corrected chi connectivity index (χ2v) is 6.13. The van der Waals surface area contributed by atoms with Crippen molar-refractivity contribution in [2.24, 2.45) is 0 Å². The molecule has 2 unspecified atom stereocenters. The molecule has 0 aromatic rings. The minimum absolute atomic E-state index is 0.0724. The summed E-state index contributed by atoms with van der Waals surface area (Å²) in [5.41, 5.74) is 2.81. The molecule has 5 nitrogen and oxygen atoms in total. The molecule has 1 saturated carbocycles. The van der Waals surface area contributed by atoms with Gasteiger partial charge >= 0.3 is 0 Å². The van der Waals surface area contributed by atoms with Gasteiger partial charge in [-0.3, -0.25) is 4.84 Å². The number of rotatable bonds is 6. The Bertz CT molecular complexity index is 278. The van der Waals surface area contributed by atoms with Gasteiger partial charge in [0.2, 0.25) is 0 Å². The second kappa shape index (κ2) is 5.79. The molecule has 1 fully saturated rings. The molecule has 0 bridgehead atoms. The summed E-state index contributed by atoms with van der Waals surface area (Å²) in [4.78, 5) is 5.14. The number of nitrogens with one attached hydrogen (secondary N) is 1. The largest absolute Gasteiger partial charge is 0.382 e. The molecule has 0 aromatic heterocycles. The fraction of sp³-hybridized carbons (Fsp3) is 1.00. The van der Waals surface area contributed by atoms with Crippen LogP contribution in [0.25, 0.3) is 0 Å². The summed E-state index contributed by atoms with van der Waals surface area (Å²) in [7, 11) is -1.37. The van der Waals surface area contributed by atoms with Crippen molar-refractivity contribution in [2.75, 3.05) is 26.6 Å². The van der Waals surface area contributed by atoms with Crippen LogP contribution in [0.2, 0.25) is 0 Å². The SMILES string of the molecule is COCCONC1CCCC1S(C)(=O)=O. The highest BCUT2D eigenvalue weighted by Gasteiger charge is 2.34. The zero-order chi connectivity index (χ0) is 11.3. The molecule has 1 aliphatic carbocycles. The topological polar surface area (TPSA) is 64.6 Å². The van der Waals surface area contributed by atoms with Crippen LogP contribution in [0, 0.1) is 0 Å². The number of hydrogen-bond donors (Lipinski definition) is 1. The number of sulfone groups is 1. The van der Waals surface area contributed by atoms with Gasteiger partial charge in [0.1, 0.15) is 0 Å². The molecule has 0 radical (unpaired) electrons. The highest BCUT2D eigenvalue weighted by molar-refractivity contribution is 7.91. The molecule has 1 rings (SSSR count). The van der Waals surface area contributed by atoms with E-state index in [1.807, 2.05) is 0 Å². The summed E-state index contributed by atoms with van der Waals surface area (Å²) in [5.74, 6) is 0. The Morgan fingerprint density at radius 3 is 2.67 bits per heavy atom. The molecular formula is C9H19NO4S. The molecule has 0 aromatic carbocycles. The molecule has 1 N–H and O–H groups in total. The molecule has 0 aliphatic heterocycles. The van der Waals surface area contributed by atoms with Crippen molar-refractivity contribution < 1.29 is 18.0 Å². The third-order valence-electron chi connectivity index (χ3n) is 2.63. The van der Waals surface area contributed by atoms with Crippen LogP contribution < -0.4 is 5.48 Å². The Balaban J connectivity index is 2.34. The van der Waals surface area contributed by atoms with Gasteiger partial charge in [-0.2, -0.15) is 5.48 Å². The first kappa shape index (κ1) is 12.9. The summed E-state index contributed by atoms with van der Waals surface area (Å²) in [6.45, 7) is 0.937. The van der Waals surface area contributed by atoms with E-state index in [9.17, 15) is 8.42 Å². The van der Waals surface area contributed by atoms with E-state index in [2.05, 4.69) is 5.48 Å². The van der Waals surface area contributed by atoms with Crippen LogP contribution in [0.4, 0.5) is 0 Å². The molecular weight excluding hydrogens is 218 g/mol. The number of hydrogen-bond acceptors (Lipinski definition) is 5. The maximum atomic E-state index is 11.4. The number of hydroxylamine groups is 1. The molecule has 6 heteroatoms. The van der Waals surface area contributed by atoms with Gasteiger partial charge < -0.3 is 4.74 Å². The lowest BCUT2D eigenvalue weighted by Crippen LogP contribution is -2.40. The van der Waals surface area contributed by atoms with Gasteiger partial charge in [-0.25, -0.2) is 8.42 Å². The van der Waals surface area contributed by atoms with Gasteiger partial charge in [0.15, 0.2) is 9.84 Å². The van der Waals surface area contributed by atoms with Crippen LogP contribution >= 0.6 is 0 Å². The second-order valence-electron chi connectivity index (χ2n) is 3.86. The summed E-state index contributed by atoms with van der Waals surface area (Å²) in [6.07, 6.45) is 3.80. The quantitative estimate of drug-likeness (QED) is 0.525. The minimum Gasteiger partial charge on any atom is -0.382 e. The van der Waals surface area contributed by atoms with Gasteiger partial charge in [-0.15, -0.1) is 0 Å². The van der Waals surface area contributed by atoms with Crippen molar-refractivity contribution in [3.63, 3.8) is 0 Å². The van der Waals surface area contributed by atoms with E-state index in [0.29, 0.717) is 13.2 Å². The lowest BCUT2D eigenvalue weighted by atomic mass is 10.3. The van der Waals surface area contributed by atoms with Gasteiger partial charge in [-0.1, -0.05) is 6.42 Å². The Morgan fingerprint density at radius 2 is 2.07 bits per heavy atom. The Labute approximate surface area is 91.0 Å². The molecule has 2 atom stereocenters. The Morgan fingerprint density at radius 1 is 1.33 bits per heavy atom. The third-order valence-corrected chi connectivity index (χ3v) is 4.29. The maximum absolute atomic E-state index is 11.4. The van der Waals surface area contributed by atoms with Crippen molar-refractivity contribution in [1.29, 1.82) is 0 Å². The van der Waals surface area contributed by atoms with Gasteiger partial charge in [-0.05, 0) is 12.8 Å². The summed E-state index contributed by atoms with van der Waals surface area (Å²) in [6, 6.07) is -0.0724. The summed E-state index contributed by atoms with van der Waals surface area (Å²) < 4.78 is 27.6. The average Bonchev–Trinajstić information content (AvgIpc) is 2.59. The zero-order valence-corrected chi connectivity index (χ0v) is 10.0. The highest BCUT2D eigenvalue weighted by Crippen LogP contribution is 2.24. The molecule has 0 amide bonds. The predicted octanol–water partition coefficient (Wildman–Crippen LogP) is 0.120. The van der Waals surface area contributed by atoms with E-state index >= 15 is 0 Å². The third kappa shape index (κ3) is 4.06. The van der Waals surface area contributed by atoms with E-state index in [-0.39, 0.29) is 11.3 Å². The molecule has 0 saturated heterocycles. The zero-order valence-electron chi connectivity index (χ0n) is 9.23. The minimum atomic E-state index is -2.97. The summed E-state index contributed by atoms with van der Waals surface area (Å²) >= 11 is 0. The Kier molecular flexibility index (Phi) is 4.98. The van der Waals surface area contributed by atoms with Crippen LogP contribution in [-0.4, -0.2) is 46.3 Å². The number of methoxy groups -OCH3 is 1. The molecule has 0 spiro atoms. The molecule has 1 aliphatic rings. The predicted molar refractivity (Wildman–Crippen MR) is 57.2 cm³/mol. The number of ether oxygens (including phenoxy) is 1. The fourth-order valence-electron chi connectivity index (χ4n) is 1.86. The van der Waals surface area contributed by atoms with Gasteiger partial charge in [0, 0.05) is 19.4 Å². The van der Waals surface area contributed by atoms with E-state index < -0.39 is 9.84 Å². The van der Waals surface area contributed by atoms with E-state index in [1.165, 1.54) is 6.26 Å². The lowest BCUT2D eigenvalue weighted by Gasteiger charge is -2.18. The van der Waals surface area contributed by atoms with Crippen LogP contribution in [0.3, 0.4) is 0 Å². The van der Waals surface area contributed by atoms with Crippen molar-refractivity contribution in [1.82, 2.24) is 5.48 Å². The van der Waals surface area contributed by atoms with Crippen molar-refractivity contribution in [3.8, 4) is 0 Å². The fourth-order valence-corrected chi connectivity index (χ4v) is 3.25. The molecule has 90 valence electrons. The first-order valence-electron chi connectivity index (χ1n) is 5.11. The molecule has 15 heavy (non-hydrogen) atoms. The van der Waals surface area contributed by atoms with E-state index in [4.69, 9.17) is 9.57 Å². The maximum Gasteiger partial charge on any atom is 0.151 e. The summed E-state index contributed by atoms with van der Waals surface area (Å²) in [5, 5.41) is -0.306. The van der Waals surface area contributed by atoms with E-state index in [0.717, 1.165) is 19.3 Å². The normalized spacial score (nSPS) is 27.1. The van der Waals surface area contributed by atoms with Gasteiger partial charge in [0.25, 0.3) is 0 Å². The van der Waals surface area contributed by atoms with Gasteiger partial charge in [0.05, 0.1) is 18.5 Å². The van der Waals surface area contributed by atoms with Crippen LogP contribution in [0.15, 0.2) is 0 Å². The van der Waals surface area contributed by atoms with Crippen LogP contribution in [0.1, 0.15) is 19.3 Å². The standard InChI is InChI=1S/C9H19NO4S/c1-13-6-7-14-10-8-4-3-5-9(8)15(2,11)12/h8-10H,3-7H2,1-2H3. The van der Waals surface area contributed by atoms with Crippen molar-refractivity contribution >= 4 is 9.84 Å². The monoisotopic (exact) mass is 237 g/mol. The average molecular weight is 237 g/mol. The van der Waals surface area contributed by atoms with Crippen LogP contribution in [-0.2, 0) is 19.4 Å².